The van der Waals surface area contributed by atoms with E-state index >= 15 is 0 Å². The van der Waals surface area contributed by atoms with Crippen LogP contribution in [0.2, 0.25) is 0 Å². The normalized spacial score (nSPS) is 20.1. The van der Waals surface area contributed by atoms with Crippen LogP contribution in [0.4, 0.5) is 0 Å². The van der Waals surface area contributed by atoms with E-state index in [4.69, 9.17) is 9.47 Å². The van der Waals surface area contributed by atoms with Gasteiger partial charge in [0.25, 0.3) is 0 Å². The molecule has 80 valence electrons. The first-order chi connectivity index (χ1) is 7.38. The lowest BCUT2D eigenvalue weighted by Gasteiger charge is -2.11. The zero-order valence-electron chi connectivity index (χ0n) is 8.52. The summed E-state index contributed by atoms with van der Waals surface area (Å²) in [6, 6.07) is 7.10. The Morgan fingerprint density at radius 3 is 2.80 bits per heavy atom. The minimum atomic E-state index is 0.232. The van der Waals surface area contributed by atoms with Crippen LogP contribution in [0, 0.1) is 0 Å². The van der Waals surface area contributed by atoms with Crippen molar-refractivity contribution < 1.29 is 14.3 Å². The van der Waals surface area contributed by atoms with Crippen molar-refractivity contribution in [3.05, 3.63) is 29.8 Å². The Labute approximate surface area is 89.0 Å². The minimum absolute atomic E-state index is 0.232. The molecule has 0 spiro atoms. The molecule has 1 aromatic rings. The highest BCUT2D eigenvalue weighted by Gasteiger charge is 2.15. The van der Waals surface area contributed by atoms with Gasteiger partial charge < -0.3 is 9.47 Å². The Balaban J connectivity index is 1.84. The number of ether oxygens (including phenoxy) is 2. The summed E-state index contributed by atoms with van der Waals surface area (Å²) in [7, 11) is 0. The zero-order valence-corrected chi connectivity index (χ0v) is 8.52. The molecular weight excluding hydrogens is 192 g/mol. The van der Waals surface area contributed by atoms with Crippen LogP contribution in [0.15, 0.2) is 24.3 Å². The molecule has 1 atom stereocenters. The largest absolute Gasteiger partial charge is 0.491 e. The van der Waals surface area contributed by atoms with Crippen molar-refractivity contribution in [3.63, 3.8) is 0 Å². The molecule has 1 aromatic carbocycles. The molecule has 1 aliphatic rings. The van der Waals surface area contributed by atoms with E-state index in [1.165, 1.54) is 0 Å². The molecule has 3 heteroatoms. The molecule has 1 saturated heterocycles. The topological polar surface area (TPSA) is 35.5 Å². The SMILES string of the molecule is O=Cc1ccc(OC[C@@H]2CCCO2)cc1. The van der Waals surface area contributed by atoms with Crippen LogP contribution in [-0.4, -0.2) is 25.6 Å². The van der Waals surface area contributed by atoms with Gasteiger partial charge in [-0.2, -0.15) is 0 Å². The third kappa shape index (κ3) is 2.80. The Morgan fingerprint density at radius 2 is 2.20 bits per heavy atom. The van der Waals surface area contributed by atoms with Gasteiger partial charge >= 0.3 is 0 Å². The molecule has 0 amide bonds. The van der Waals surface area contributed by atoms with Crippen molar-refractivity contribution in [2.75, 3.05) is 13.2 Å². The zero-order chi connectivity index (χ0) is 10.5. The van der Waals surface area contributed by atoms with E-state index in [2.05, 4.69) is 0 Å². The third-order valence-electron chi connectivity index (χ3n) is 2.48. The quantitative estimate of drug-likeness (QED) is 0.707. The van der Waals surface area contributed by atoms with Crippen LogP contribution in [0.25, 0.3) is 0 Å². The van der Waals surface area contributed by atoms with Crippen LogP contribution in [-0.2, 0) is 4.74 Å². The molecular formula is C12H14O3. The van der Waals surface area contributed by atoms with Gasteiger partial charge in [-0.1, -0.05) is 0 Å². The Kier molecular flexibility index (Phi) is 3.35. The van der Waals surface area contributed by atoms with Gasteiger partial charge in [-0.3, -0.25) is 4.79 Å². The Bertz CT molecular complexity index is 312. The molecule has 2 rings (SSSR count). The van der Waals surface area contributed by atoms with Gasteiger partial charge in [0.2, 0.25) is 0 Å². The van der Waals surface area contributed by atoms with Gasteiger partial charge in [-0.25, -0.2) is 0 Å². The predicted octanol–water partition coefficient (Wildman–Crippen LogP) is 2.06. The summed E-state index contributed by atoms with van der Waals surface area (Å²) in [4.78, 5) is 10.4. The van der Waals surface area contributed by atoms with Gasteiger partial charge in [0.1, 0.15) is 18.6 Å². The second-order valence-corrected chi connectivity index (χ2v) is 3.63. The summed E-state index contributed by atoms with van der Waals surface area (Å²) in [6.07, 6.45) is 3.25. The third-order valence-corrected chi connectivity index (χ3v) is 2.48. The van der Waals surface area contributed by atoms with E-state index in [-0.39, 0.29) is 6.10 Å². The fourth-order valence-electron chi connectivity index (χ4n) is 1.61. The fourth-order valence-corrected chi connectivity index (χ4v) is 1.61. The van der Waals surface area contributed by atoms with Gasteiger partial charge in [-0.15, -0.1) is 0 Å². The fraction of sp³-hybridized carbons (Fsp3) is 0.417. The van der Waals surface area contributed by atoms with Crippen LogP contribution < -0.4 is 4.74 Å². The lowest BCUT2D eigenvalue weighted by Crippen LogP contribution is -2.16. The Morgan fingerprint density at radius 1 is 1.40 bits per heavy atom. The first-order valence-corrected chi connectivity index (χ1v) is 5.18. The van der Waals surface area contributed by atoms with Gasteiger partial charge in [-0.05, 0) is 37.1 Å². The van der Waals surface area contributed by atoms with E-state index in [9.17, 15) is 4.79 Å². The summed E-state index contributed by atoms with van der Waals surface area (Å²) in [5.74, 6) is 0.788. The van der Waals surface area contributed by atoms with Crippen molar-refractivity contribution in [2.45, 2.75) is 18.9 Å². The molecule has 0 N–H and O–H groups in total. The molecule has 1 heterocycles. The average molecular weight is 206 g/mol. The Hall–Kier alpha value is -1.35. The first-order valence-electron chi connectivity index (χ1n) is 5.18. The molecule has 15 heavy (non-hydrogen) atoms. The summed E-state index contributed by atoms with van der Waals surface area (Å²) >= 11 is 0. The highest BCUT2D eigenvalue weighted by atomic mass is 16.5. The smallest absolute Gasteiger partial charge is 0.150 e. The van der Waals surface area contributed by atoms with E-state index in [0.29, 0.717) is 12.2 Å². The number of carbonyl (C=O) groups excluding carboxylic acids is 1. The maximum atomic E-state index is 10.4. The number of hydrogen-bond donors (Lipinski definition) is 0. The molecule has 0 aliphatic carbocycles. The summed E-state index contributed by atoms with van der Waals surface area (Å²) in [5.41, 5.74) is 0.666. The molecule has 0 aromatic heterocycles. The van der Waals surface area contributed by atoms with Gasteiger partial charge in [0.15, 0.2) is 0 Å². The van der Waals surface area contributed by atoms with Gasteiger partial charge in [0, 0.05) is 12.2 Å². The lowest BCUT2D eigenvalue weighted by atomic mass is 10.2. The number of carbonyl (C=O) groups is 1. The lowest BCUT2D eigenvalue weighted by molar-refractivity contribution is 0.0679. The van der Waals surface area contributed by atoms with Crippen molar-refractivity contribution in [2.24, 2.45) is 0 Å². The number of rotatable bonds is 4. The highest BCUT2D eigenvalue weighted by molar-refractivity contribution is 5.74. The maximum Gasteiger partial charge on any atom is 0.150 e. The molecule has 3 nitrogen and oxygen atoms in total. The van der Waals surface area contributed by atoms with Crippen molar-refractivity contribution in [1.29, 1.82) is 0 Å². The van der Waals surface area contributed by atoms with Gasteiger partial charge in [0.05, 0.1) is 6.10 Å². The van der Waals surface area contributed by atoms with Crippen molar-refractivity contribution in [1.82, 2.24) is 0 Å². The van der Waals surface area contributed by atoms with E-state index < -0.39 is 0 Å². The van der Waals surface area contributed by atoms with Crippen LogP contribution in [0.3, 0.4) is 0 Å². The standard InChI is InChI=1S/C12H14O3/c13-8-10-3-5-11(6-4-10)15-9-12-2-1-7-14-12/h3-6,8,12H,1-2,7,9H2/t12-/m0/s1. The highest BCUT2D eigenvalue weighted by Crippen LogP contribution is 2.15. The van der Waals surface area contributed by atoms with Crippen LogP contribution in [0.1, 0.15) is 23.2 Å². The van der Waals surface area contributed by atoms with Crippen LogP contribution in [0.5, 0.6) is 5.75 Å². The number of benzene rings is 1. The number of aldehydes is 1. The van der Waals surface area contributed by atoms with Crippen LogP contribution >= 0.6 is 0 Å². The minimum Gasteiger partial charge on any atom is -0.491 e. The monoisotopic (exact) mass is 206 g/mol. The van der Waals surface area contributed by atoms with Crippen molar-refractivity contribution in [3.8, 4) is 5.75 Å². The summed E-state index contributed by atoms with van der Waals surface area (Å²) < 4.78 is 11.0. The molecule has 0 radical (unpaired) electrons. The molecule has 1 aliphatic heterocycles. The summed E-state index contributed by atoms with van der Waals surface area (Å²) in [5, 5.41) is 0. The van der Waals surface area contributed by atoms with Crippen molar-refractivity contribution >= 4 is 6.29 Å². The molecule has 0 bridgehead atoms. The molecule has 1 fully saturated rings. The first kappa shape index (κ1) is 10.2. The molecule has 0 unspecified atom stereocenters. The average Bonchev–Trinajstić information content (AvgIpc) is 2.80. The predicted molar refractivity (Wildman–Crippen MR) is 56.3 cm³/mol. The van der Waals surface area contributed by atoms with E-state index in [0.717, 1.165) is 31.5 Å². The second-order valence-electron chi connectivity index (χ2n) is 3.63. The van der Waals surface area contributed by atoms with E-state index in [1.807, 2.05) is 0 Å². The second kappa shape index (κ2) is 4.94. The number of hydrogen-bond acceptors (Lipinski definition) is 3. The molecule has 0 saturated carbocycles. The van der Waals surface area contributed by atoms with E-state index in [1.54, 1.807) is 24.3 Å². The maximum absolute atomic E-state index is 10.4. The summed E-state index contributed by atoms with van der Waals surface area (Å²) in [6.45, 7) is 1.44.